The second kappa shape index (κ2) is 5.69. The van der Waals surface area contributed by atoms with Crippen LogP contribution >= 0.6 is 11.6 Å². The molecule has 4 aromatic carbocycles. The molecular weight excluding hydrogens is 386 g/mol. The molecule has 0 bridgehead atoms. The molecule has 0 spiro atoms. The van der Waals surface area contributed by atoms with Gasteiger partial charge in [-0.3, -0.25) is 4.57 Å². The Morgan fingerprint density at radius 1 is 0.724 bits per heavy atom. The van der Waals surface area contributed by atoms with Gasteiger partial charge in [0.05, 0.1) is 16.1 Å². The predicted molar refractivity (Wildman–Crippen MR) is 116 cm³/mol. The standard InChI is InChI=1S/C24H14ClNO3/c25-20-3-1-2-19-18-7-6-17(28)12-21(18)26(24(19)20)23-11-15-8-13-4-5-16(27)9-14(13)10-22(15)29-23/h1-12,27-28H. The molecule has 0 atom stereocenters. The minimum absolute atomic E-state index is 0.176. The van der Waals surface area contributed by atoms with E-state index in [2.05, 4.69) is 0 Å². The van der Waals surface area contributed by atoms with Gasteiger partial charge in [0, 0.05) is 28.3 Å². The molecule has 4 nitrogen and oxygen atoms in total. The van der Waals surface area contributed by atoms with E-state index in [1.165, 1.54) is 0 Å². The topological polar surface area (TPSA) is 58.5 Å². The van der Waals surface area contributed by atoms with Crippen molar-refractivity contribution >= 4 is 55.1 Å². The molecule has 2 aromatic heterocycles. The molecule has 0 fully saturated rings. The number of halogens is 1. The molecule has 0 radical (unpaired) electrons. The zero-order chi connectivity index (χ0) is 19.7. The summed E-state index contributed by atoms with van der Waals surface area (Å²) in [5.41, 5.74) is 2.35. The highest BCUT2D eigenvalue weighted by Gasteiger charge is 2.18. The summed E-state index contributed by atoms with van der Waals surface area (Å²) in [6.45, 7) is 0. The first-order chi connectivity index (χ1) is 14.1. The van der Waals surface area contributed by atoms with Gasteiger partial charge in [0.15, 0.2) is 0 Å². The Balaban J connectivity index is 1.73. The Bertz CT molecular complexity index is 1590. The van der Waals surface area contributed by atoms with E-state index in [1.54, 1.807) is 24.3 Å². The van der Waals surface area contributed by atoms with E-state index in [0.717, 1.165) is 38.0 Å². The Kier molecular flexibility index (Phi) is 3.20. The number of phenols is 2. The first kappa shape index (κ1) is 16.3. The molecule has 0 amide bonds. The maximum Gasteiger partial charge on any atom is 0.205 e. The SMILES string of the molecule is Oc1ccc2cc3cc(-n4c5cc(O)ccc5c5cccc(Cl)c54)oc3cc2c1. The Morgan fingerprint density at radius 3 is 2.45 bits per heavy atom. The van der Waals surface area contributed by atoms with Crippen LogP contribution in [0.5, 0.6) is 11.5 Å². The van der Waals surface area contributed by atoms with E-state index in [0.29, 0.717) is 16.5 Å². The number of phenolic OH excluding ortho intramolecular Hbond substituents is 2. The molecule has 0 aliphatic rings. The van der Waals surface area contributed by atoms with Gasteiger partial charge in [-0.05, 0) is 53.2 Å². The van der Waals surface area contributed by atoms with Crippen molar-refractivity contribution in [2.45, 2.75) is 0 Å². The zero-order valence-electron chi connectivity index (χ0n) is 15.1. The lowest BCUT2D eigenvalue weighted by Crippen LogP contribution is -1.91. The van der Waals surface area contributed by atoms with Gasteiger partial charge in [0.25, 0.3) is 0 Å². The number of fused-ring (bicyclic) bond motifs is 5. The van der Waals surface area contributed by atoms with Crippen molar-refractivity contribution in [1.29, 1.82) is 0 Å². The van der Waals surface area contributed by atoms with Crippen LogP contribution in [0.1, 0.15) is 0 Å². The summed E-state index contributed by atoms with van der Waals surface area (Å²) in [5.74, 6) is 1.00. The summed E-state index contributed by atoms with van der Waals surface area (Å²) in [7, 11) is 0. The summed E-state index contributed by atoms with van der Waals surface area (Å²) in [6, 6.07) is 22.2. The summed E-state index contributed by atoms with van der Waals surface area (Å²) in [6.07, 6.45) is 0. The van der Waals surface area contributed by atoms with Gasteiger partial charge in [0.2, 0.25) is 5.88 Å². The van der Waals surface area contributed by atoms with Gasteiger partial charge < -0.3 is 14.6 Å². The Labute approximate surface area is 169 Å². The summed E-state index contributed by atoms with van der Waals surface area (Å²) >= 11 is 6.57. The molecule has 6 rings (SSSR count). The second-order valence-corrected chi connectivity index (χ2v) is 7.59. The smallest absolute Gasteiger partial charge is 0.205 e. The van der Waals surface area contributed by atoms with Crippen LogP contribution in [0, 0.1) is 0 Å². The number of para-hydroxylation sites is 1. The normalized spacial score (nSPS) is 11.9. The molecule has 0 unspecified atom stereocenters. The van der Waals surface area contributed by atoms with E-state index in [-0.39, 0.29) is 11.5 Å². The van der Waals surface area contributed by atoms with Crippen LogP contribution in [0.2, 0.25) is 5.02 Å². The van der Waals surface area contributed by atoms with Crippen molar-refractivity contribution in [2.75, 3.05) is 0 Å². The largest absolute Gasteiger partial charge is 0.508 e. The third-order valence-corrected chi connectivity index (χ3v) is 5.69. The molecule has 2 N–H and O–H groups in total. The van der Waals surface area contributed by atoms with Crippen molar-refractivity contribution in [3.05, 3.63) is 77.8 Å². The monoisotopic (exact) mass is 399 g/mol. The number of furan rings is 1. The Morgan fingerprint density at radius 2 is 1.55 bits per heavy atom. The van der Waals surface area contributed by atoms with E-state index >= 15 is 0 Å². The van der Waals surface area contributed by atoms with Crippen LogP contribution in [0.25, 0.3) is 49.4 Å². The minimum atomic E-state index is 0.176. The number of benzene rings is 4. The van der Waals surface area contributed by atoms with Gasteiger partial charge in [-0.25, -0.2) is 0 Å². The number of hydrogen-bond acceptors (Lipinski definition) is 3. The lowest BCUT2D eigenvalue weighted by atomic mass is 10.1. The van der Waals surface area contributed by atoms with E-state index in [9.17, 15) is 10.2 Å². The number of aromatic hydroxyl groups is 2. The lowest BCUT2D eigenvalue weighted by Gasteiger charge is -2.04. The lowest BCUT2D eigenvalue weighted by molar-refractivity contribution is 0.475. The highest BCUT2D eigenvalue weighted by molar-refractivity contribution is 6.36. The van der Waals surface area contributed by atoms with Crippen molar-refractivity contribution in [1.82, 2.24) is 4.57 Å². The zero-order valence-corrected chi connectivity index (χ0v) is 15.8. The second-order valence-electron chi connectivity index (χ2n) is 7.18. The van der Waals surface area contributed by atoms with Gasteiger partial charge >= 0.3 is 0 Å². The number of hydrogen-bond donors (Lipinski definition) is 2. The van der Waals surface area contributed by atoms with Crippen molar-refractivity contribution < 1.29 is 14.6 Å². The number of aromatic nitrogens is 1. The first-order valence-corrected chi connectivity index (χ1v) is 9.55. The number of rotatable bonds is 1. The number of nitrogens with zero attached hydrogens (tertiary/aromatic N) is 1. The third-order valence-electron chi connectivity index (χ3n) is 5.39. The Hall–Kier alpha value is -3.63. The van der Waals surface area contributed by atoms with Gasteiger partial charge in [-0.2, -0.15) is 0 Å². The highest BCUT2D eigenvalue weighted by Crippen LogP contribution is 2.39. The molecule has 0 aliphatic heterocycles. The highest BCUT2D eigenvalue weighted by atomic mass is 35.5. The fourth-order valence-electron chi connectivity index (χ4n) is 4.11. The van der Waals surface area contributed by atoms with Crippen molar-refractivity contribution in [3.8, 4) is 17.4 Å². The molecule has 0 saturated heterocycles. The van der Waals surface area contributed by atoms with Crippen molar-refractivity contribution in [2.24, 2.45) is 0 Å². The summed E-state index contributed by atoms with van der Waals surface area (Å²) < 4.78 is 8.15. The van der Waals surface area contributed by atoms with Crippen LogP contribution in [-0.2, 0) is 0 Å². The average molecular weight is 400 g/mol. The van der Waals surface area contributed by atoms with E-state index in [4.69, 9.17) is 16.0 Å². The van der Waals surface area contributed by atoms with Crippen LogP contribution in [0.15, 0.2) is 77.2 Å². The molecule has 0 saturated carbocycles. The predicted octanol–water partition coefficient (Wildman–Crippen LogP) is 6.75. The van der Waals surface area contributed by atoms with Crippen LogP contribution in [0.4, 0.5) is 0 Å². The fraction of sp³-hybridized carbons (Fsp3) is 0. The molecular formula is C24H14ClNO3. The maximum absolute atomic E-state index is 10.1. The molecule has 6 aromatic rings. The van der Waals surface area contributed by atoms with Crippen molar-refractivity contribution in [3.63, 3.8) is 0 Å². The quantitative estimate of drug-likeness (QED) is 0.321. The molecule has 29 heavy (non-hydrogen) atoms. The van der Waals surface area contributed by atoms with E-state index < -0.39 is 0 Å². The van der Waals surface area contributed by atoms with Gasteiger partial charge in [-0.15, -0.1) is 0 Å². The van der Waals surface area contributed by atoms with Crippen LogP contribution < -0.4 is 0 Å². The summed E-state index contributed by atoms with van der Waals surface area (Å²) in [4.78, 5) is 0. The van der Waals surface area contributed by atoms with Gasteiger partial charge in [0.1, 0.15) is 17.1 Å². The minimum Gasteiger partial charge on any atom is -0.508 e. The fourth-order valence-corrected chi connectivity index (χ4v) is 4.37. The third kappa shape index (κ3) is 2.33. The van der Waals surface area contributed by atoms with Gasteiger partial charge in [-0.1, -0.05) is 29.8 Å². The van der Waals surface area contributed by atoms with Crippen LogP contribution in [-0.4, -0.2) is 14.8 Å². The van der Waals surface area contributed by atoms with Crippen LogP contribution in [0.3, 0.4) is 0 Å². The molecule has 0 aliphatic carbocycles. The molecule has 140 valence electrons. The first-order valence-electron chi connectivity index (χ1n) is 9.17. The maximum atomic E-state index is 10.1. The molecule has 5 heteroatoms. The molecule has 2 heterocycles. The van der Waals surface area contributed by atoms with E-state index in [1.807, 2.05) is 53.1 Å². The summed E-state index contributed by atoms with van der Waals surface area (Å²) in [5, 5.41) is 25.3. The average Bonchev–Trinajstić information content (AvgIpc) is 3.24.